The molecule has 0 radical (unpaired) electrons. The van der Waals surface area contributed by atoms with Crippen molar-refractivity contribution in [2.45, 2.75) is 11.3 Å². The number of rotatable bonds is 4. The van der Waals surface area contributed by atoms with Gasteiger partial charge in [0.1, 0.15) is 0 Å². The van der Waals surface area contributed by atoms with Crippen LogP contribution in [0.1, 0.15) is 16.8 Å². The van der Waals surface area contributed by atoms with Gasteiger partial charge in [0.15, 0.2) is 0 Å². The molecule has 3 nitrogen and oxygen atoms in total. The van der Waals surface area contributed by atoms with Gasteiger partial charge in [0.05, 0.1) is 0 Å². The molecule has 1 aliphatic heterocycles. The summed E-state index contributed by atoms with van der Waals surface area (Å²) in [6.45, 7) is 2.57. The SMILES string of the molecule is CSc1ccc(C(=O)NCC2=CCNCC2)cc1.Cl. The van der Waals surface area contributed by atoms with E-state index in [0.29, 0.717) is 6.54 Å². The molecule has 2 rings (SSSR count). The van der Waals surface area contributed by atoms with Crippen molar-refractivity contribution in [3.05, 3.63) is 41.5 Å². The Morgan fingerprint density at radius 1 is 1.37 bits per heavy atom. The molecule has 0 aromatic heterocycles. The molecule has 1 amide bonds. The standard InChI is InChI=1S/C14H18N2OS.ClH/c1-18-13-4-2-12(3-5-13)14(17)16-10-11-6-8-15-9-7-11;/h2-6,15H,7-10H2,1H3,(H,16,17);1H. The van der Waals surface area contributed by atoms with E-state index in [1.807, 2.05) is 30.5 Å². The molecule has 0 aliphatic carbocycles. The third-order valence-electron chi connectivity index (χ3n) is 2.99. The van der Waals surface area contributed by atoms with Crippen molar-refractivity contribution in [2.24, 2.45) is 0 Å². The number of amides is 1. The van der Waals surface area contributed by atoms with Gasteiger partial charge in [-0.15, -0.1) is 24.2 Å². The van der Waals surface area contributed by atoms with Crippen molar-refractivity contribution in [3.63, 3.8) is 0 Å². The van der Waals surface area contributed by atoms with Gasteiger partial charge in [0, 0.05) is 23.5 Å². The Kier molecular flexibility index (Phi) is 6.99. The molecule has 0 saturated carbocycles. The topological polar surface area (TPSA) is 41.1 Å². The molecule has 0 spiro atoms. The second-order valence-corrected chi connectivity index (χ2v) is 5.11. The molecule has 2 N–H and O–H groups in total. The molecule has 0 saturated heterocycles. The van der Waals surface area contributed by atoms with Gasteiger partial charge in [-0.2, -0.15) is 0 Å². The minimum atomic E-state index is 0. The molecule has 19 heavy (non-hydrogen) atoms. The van der Waals surface area contributed by atoms with Gasteiger partial charge < -0.3 is 10.6 Å². The summed E-state index contributed by atoms with van der Waals surface area (Å²) >= 11 is 1.68. The molecular weight excluding hydrogens is 280 g/mol. The van der Waals surface area contributed by atoms with Gasteiger partial charge in [-0.3, -0.25) is 4.79 Å². The predicted molar refractivity (Wildman–Crippen MR) is 83.4 cm³/mol. The summed E-state index contributed by atoms with van der Waals surface area (Å²) in [4.78, 5) is 13.1. The molecule has 1 aromatic rings. The lowest BCUT2D eigenvalue weighted by Gasteiger charge is -2.14. The molecule has 0 atom stereocenters. The fourth-order valence-electron chi connectivity index (χ4n) is 1.87. The fraction of sp³-hybridized carbons (Fsp3) is 0.357. The number of benzene rings is 1. The van der Waals surface area contributed by atoms with Crippen LogP contribution in [0, 0.1) is 0 Å². The van der Waals surface area contributed by atoms with E-state index in [9.17, 15) is 4.79 Å². The van der Waals surface area contributed by atoms with Crippen molar-refractivity contribution in [3.8, 4) is 0 Å². The maximum atomic E-state index is 11.9. The molecule has 1 aromatic carbocycles. The smallest absolute Gasteiger partial charge is 0.251 e. The Morgan fingerprint density at radius 3 is 2.68 bits per heavy atom. The van der Waals surface area contributed by atoms with Crippen molar-refractivity contribution in [1.82, 2.24) is 10.6 Å². The van der Waals surface area contributed by atoms with Crippen LogP contribution in [0.4, 0.5) is 0 Å². The molecule has 104 valence electrons. The lowest BCUT2D eigenvalue weighted by atomic mass is 10.1. The lowest BCUT2D eigenvalue weighted by Crippen LogP contribution is -2.29. The highest BCUT2D eigenvalue weighted by molar-refractivity contribution is 7.98. The van der Waals surface area contributed by atoms with E-state index < -0.39 is 0 Å². The van der Waals surface area contributed by atoms with E-state index in [4.69, 9.17) is 0 Å². The Morgan fingerprint density at radius 2 is 2.11 bits per heavy atom. The molecule has 1 aliphatic rings. The molecule has 0 fully saturated rings. The molecule has 5 heteroatoms. The summed E-state index contributed by atoms with van der Waals surface area (Å²) in [6.07, 6.45) is 5.20. The maximum Gasteiger partial charge on any atom is 0.251 e. The van der Waals surface area contributed by atoms with Crippen LogP contribution in [-0.2, 0) is 0 Å². The summed E-state index contributed by atoms with van der Waals surface area (Å²) in [7, 11) is 0. The average molecular weight is 299 g/mol. The fourth-order valence-corrected chi connectivity index (χ4v) is 2.28. The van der Waals surface area contributed by atoms with E-state index in [1.54, 1.807) is 11.8 Å². The van der Waals surface area contributed by atoms with Crippen LogP contribution in [-0.4, -0.2) is 31.8 Å². The maximum absolute atomic E-state index is 11.9. The third kappa shape index (κ3) is 4.90. The minimum Gasteiger partial charge on any atom is -0.348 e. The van der Waals surface area contributed by atoms with Crippen LogP contribution in [0.25, 0.3) is 0 Å². The van der Waals surface area contributed by atoms with Crippen molar-refractivity contribution in [2.75, 3.05) is 25.9 Å². The van der Waals surface area contributed by atoms with Crippen LogP contribution < -0.4 is 10.6 Å². The van der Waals surface area contributed by atoms with Crippen LogP contribution in [0.3, 0.4) is 0 Å². The number of carbonyl (C=O) groups excluding carboxylic acids is 1. The lowest BCUT2D eigenvalue weighted by molar-refractivity contribution is 0.0956. The molecule has 1 heterocycles. The van der Waals surface area contributed by atoms with E-state index in [2.05, 4.69) is 16.7 Å². The highest BCUT2D eigenvalue weighted by atomic mass is 35.5. The Hall–Kier alpha value is -0.970. The highest BCUT2D eigenvalue weighted by Gasteiger charge is 2.07. The molecule has 0 bridgehead atoms. The zero-order chi connectivity index (χ0) is 12.8. The molecule has 0 unspecified atom stereocenters. The second kappa shape index (κ2) is 8.25. The number of hydrogen-bond donors (Lipinski definition) is 2. The van der Waals surface area contributed by atoms with Crippen LogP contribution >= 0.6 is 24.2 Å². The van der Waals surface area contributed by atoms with Gasteiger partial charge in [0.25, 0.3) is 5.91 Å². The minimum absolute atomic E-state index is 0. The van der Waals surface area contributed by atoms with Gasteiger partial charge in [-0.25, -0.2) is 0 Å². The van der Waals surface area contributed by atoms with Gasteiger partial charge in [-0.05, 0) is 43.5 Å². The van der Waals surface area contributed by atoms with E-state index in [0.717, 1.165) is 25.1 Å². The summed E-state index contributed by atoms with van der Waals surface area (Å²) < 4.78 is 0. The van der Waals surface area contributed by atoms with Gasteiger partial charge in [0.2, 0.25) is 0 Å². The van der Waals surface area contributed by atoms with Crippen molar-refractivity contribution < 1.29 is 4.79 Å². The van der Waals surface area contributed by atoms with Crippen LogP contribution in [0.2, 0.25) is 0 Å². The number of halogens is 1. The first-order valence-electron chi connectivity index (χ1n) is 6.10. The third-order valence-corrected chi connectivity index (χ3v) is 3.73. The Labute approximate surface area is 124 Å². The molecular formula is C14H19ClN2OS. The normalized spacial score (nSPS) is 14.3. The number of nitrogens with one attached hydrogen (secondary N) is 2. The zero-order valence-electron chi connectivity index (χ0n) is 10.9. The summed E-state index contributed by atoms with van der Waals surface area (Å²) in [5.74, 6) is 0.00193. The first-order chi connectivity index (χ1) is 8.79. The first-order valence-corrected chi connectivity index (χ1v) is 7.33. The second-order valence-electron chi connectivity index (χ2n) is 4.23. The quantitative estimate of drug-likeness (QED) is 0.663. The van der Waals surface area contributed by atoms with E-state index in [-0.39, 0.29) is 18.3 Å². The first kappa shape index (κ1) is 16.1. The number of hydrogen-bond acceptors (Lipinski definition) is 3. The van der Waals surface area contributed by atoms with E-state index >= 15 is 0 Å². The summed E-state index contributed by atoms with van der Waals surface area (Å²) in [6, 6.07) is 7.70. The van der Waals surface area contributed by atoms with Crippen LogP contribution in [0.5, 0.6) is 0 Å². The summed E-state index contributed by atoms with van der Waals surface area (Å²) in [5, 5.41) is 6.22. The van der Waals surface area contributed by atoms with Crippen molar-refractivity contribution >= 4 is 30.1 Å². The van der Waals surface area contributed by atoms with Gasteiger partial charge >= 0.3 is 0 Å². The Bertz CT molecular complexity index is 445. The Balaban J connectivity index is 0.00000180. The summed E-state index contributed by atoms with van der Waals surface area (Å²) in [5.41, 5.74) is 2.03. The number of carbonyl (C=O) groups is 1. The predicted octanol–water partition coefficient (Wildman–Crippen LogP) is 2.48. The van der Waals surface area contributed by atoms with Crippen molar-refractivity contribution in [1.29, 1.82) is 0 Å². The largest absolute Gasteiger partial charge is 0.348 e. The van der Waals surface area contributed by atoms with Crippen LogP contribution in [0.15, 0.2) is 40.8 Å². The monoisotopic (exact) mass is 298 g/mol. The highest BCUT2D eigenvalue weighted by Crippen LogP contribution is 2.14. The zero-order valence-corrected chi connectivity index (χ0v) is 12.6. The van der Waals surface area contributed by atoms with Gasteiger partial charge in [-0.1, -0.05) is 11.6 Å². The average Bonchev–Trinajstić information content (AvgIpc) is 2.46. The number of thioether (sulfide) groups is 1. The van der Waals surface area contributed by atoms with E-state index in [1.165, 1.54) is 10.5 Å².